The zero-order valence-electron chi connectivity index (χ0n) is 16.8. The van der Waals surface area contributed by atoms with Gasteiger partial charge in [-0.2, -0.15) is 0 Å². The summed E-state index contributed by atoms with van der Waals surface area (Å²) in [6.45, 7) is 0. The van der Waals surface area contributed by atoms with E-state index in [1.54, 1.807) is 0 Å². The number of fused-ring (bicyclic) bond motifs is 8. The molecule has 4 aromatic carbocycles. The number of anilines is 4. The van der Waals surface area contributed by atoms with Gasteiger partial charge < -0.3 is 10.6 Å². The Morgan fingerprint density at radius 2 is 1.00 bits per heavy atom. The van der Waals surface area contributed by atoms with Crippen LogP contribution < -0.4 is 20.4 Å². The molecule has 8 rings (SSSR count). The van der Waals surface area contributed by atoms with Gasteiger partial charge in [-0.25, -0.2) is 0 Å². The minimum Gasteiger partial charge on any atom is -0.359 e. The number of nitrogens with zero attached hydrogens (tertiary/aromatic N) is 2. The molecule has 2 atom stereocenters. The van der Waals surface area contributed by atoms with E-state index >= 15 is 0 Å². The highest BCUT2D eigenvalue weighted by Crippen LogP contribution is 2.52. The van der Waals surface area contributed by atoms with Crippen LogP contribution in [0.15, 0.2) is 72.8 Å². The van der Waals surface area contributed by atoms with E-state index in [2.05, 4.69) is 10.6 Å². The lowest BCUT2D eigenvalue weighted by Crippen LogP contribution is -2.41. The molecule has 152 valence electrons. The predicted molar refractivity (Wildman–Crippen MR) is 123 cm³/mol. The molecule has 0 radical (unpaired) electrons. The molecular formula is C26H16N4O2. The fourth-order valence-corrected chi connectivity index (χ4v) is 5.82. The lowest BCUT2D eigenvalue weighted by molar-refractivity contribution is 0.0969. The predicted octanol–water partition coefficient (Wildman–Crippen LogP) is 5.01. The van der Waals surface area contributed by atoms with Crippen molar-refractivity contribution in [2.24, 2.45) is 0 Å². The maximum absolute atomic E-state index is 13.6. The van der Waals surface area contributed by atoms with Crippen LogP contribution in [0.3, 0.4) is 0 Å². The van der Waals surface area contributed by atoms with Gasteiger partial charge in [-0.1, -0.05) is 36.4 Å². The molecule has 0 saturated heterocycles. The Bertz CT molecular complexity index is 1440. The molecule has 0 aromatic heterocycles. The molecule has 6 nitrogen and oxygen atoms in total. The van der Waals surface area contributed by atoms with Crippen LogP contribution in [0.4, 0.5) is 22.7 Å². The van der Waals surface area contributed by atoms with Gasteiger partial charge in [0.05, 0.1) is 22.7 Å². The van der Waals surface area contributed by atoms with E-state index in [1.165, 1.54) is 0 Å². The first-order chi connectivity index (χ1) is 15.7. The van der Waals surface area contributed by atoms with Crippen LogP contribution in [0.25, 0.3) is 10.8 Å². The van der Waals surface area contributed by atoms with Crippen LogP contribution in [0.5, 0.6) is 0 Å². The van der Waals surface area contributed by atoms with E-state index in [0.29, 0.717) is 11.1 Å². The van der Waals surface area contributed by atoms with Gasteiger partial charge in [0.1, 0.15) is 12.3 Å². The highest BCUT2D eigenvalue weighted by atomic mass is 16.2. The lowest BCUT2D eigenvalue weighted by Gasteiger charge is -2.36. The van der Waals surface area contributed by atoms with Crippen molar-refractivity contribution in [1.29, 1.82) is 0 Å². The molecule has 2 amide bonds. The monoisotopic (exact) mass is 416 g/mol. The molecule has 4 aliphatic rings. The van der Waals surface area contributed by atoms with Crippen molar-refractivity contribution >= 4 is 45.3 Å². The van der Waals surface area contributed by atoms with Crippen molar-refractivity contribution in [3.05, 3.63) is 95.1 Å². The van der Waals surface area contributed by atoms with Crippen molar-refractivity contribution in [2.45, 2.75) is 12.3 Å². The van der Waals surface area contributed by atoms with Gasteiger partial charge in [0.2, 0.25) is 0 Å². The van der Waals surface area contributed by atoms with Crippen LogP contribution >= 0.6 is 0 Å². The van der Waals surface area contributed by atoms with E-state index in [0.717, 1.165) is 44.6 Å². The summed E-state index contributed by atoms with van der Waals surface area (Å²) in [5.74, 6) is -0.0811. The second-order valence-corrected chi connectivity index (χ2v) is 8.63. The molecule has 2 N–H and O–H groups in total. The van der Waals surface area contributed by atoms with E-state index in [1.807, 2.05) is 82.6 Å². The molecule has 6 heteroatoms. The van der Waals surface area contributed by atoms with Crippen molar-refractivity contribution in [3.8, 4) is 0 Å². The van der Waals surface area contributed by atoms with Crippen LogP contribution in [0.2, 0.25) is 0 Å². The zero-order chi connectivity index (χ0) is 21.1. The Kier molecular flexibility index (Phi) is 2.71. The molecule has 0 fully saturated rings. The molecule has 2 unspecified atom stereocenters. The second kappa shape index (κ2) is 5.29. The maximum Gasteiger partial charge on any atom is 0.260 e. The highest BCUT2D eigenvalue weighted by molar-refractivity contribution is 6.26. The maximum atomic E-state index is 13.6. The summed E-state index contributed by atoms with van der Waals surface area (Å²) >= 11 is 0. The average molecular weight is 416 g/mol. The number of carbonyl (C=O) groups excluding carboxylic acids is 2. The normalized spacial score (nSPS) is 21.0. The van der Waals surface area contributed by atoms with Gasteiger partial charge in [0.25, 0.3) is 11.8 Å². The zero-order valence-corrected chi connectivity index (χ0v) is 16.8. The summed E-state index contributed by atoms with van der Waals surface area (Å²) in [6.07, 6.45) is -0.558. The number of benzene rings is 4. The Balaban J connectivity index is 1.40. The number of carbonyl (C=O) groups is 2. The Morgan fingerprint density at radius 3 is 1.47 bits per heavy atom. The molecule has 0 bridgehead atoms. The summed E-state index contributed by atoms with van der Waals surface area (Å²) in [5.41, 5.74) is 6.99. The van der Waals surface area contributed by atoms with Gasteiger partial charge in [-0.15, -0.1) is 0 Å². The Labute approximate surface area is 183 Å². The van der Waals surface area contributed by atoms with Gasteiger partial charge in [0, 0.05) is 33.0 Å². The minimum atomic E-state index is -0.279. The van der Waals surface area contributed by atoms with E-state index in [9.17, 15) is 9.59 Å². The minimum absolute atomic E-state index is 0.0406. The van der Waals surface area contributed by atoms with Gasteiger partial charge >= 0.3 is 0 Å². The molecular weight excluding hydrogens is 400 g/mol. The number of hydrogen-bond donors (Lipinski definition) is 2. The summed E-state index contributed by atoms with van der Waals surface area (Å²) in [5, 5.41) is 8.79. The molecule has 4 aliphatic heterocycles. The van der Waals surface area contributed by atoms with Crippen LogP contribution in [-0.4, -0.2) is 11.8 Å². The van der Waals surface area contributed by atoms with E-state index in [4.69, 9.17) is 0 Å². The average Bonchev–Trinajstić information content (AvgIpc) is 3.40. The fraction of sp³-hybridized carbons (Fsp3) is 0.0769. The topological polar surface area (TPSA) is 64.7 Å². The van der Waals surface area contributed by atoms with Gasteiger partial charge in [-0.05, 0) is 36.4 Å². The second-order valence-electron chi connectivity index (χ2n) is 8.63. The summed E-state index contributed by atoms with van der Waals surface area (Å²) in [4.78, 5) is 30.9. The first-order valence-corrected chi connectivity index (χ1v) is 10.7. The first kappa shape index (κ1) is 16.4. The highest BCUT2D eigenvalue weighted by Gasteiger charge is 2.45. The van der Waals surface area contributed by atoms with Crippen LogP contribution in [0, 0.1) is 0 Å². The van der Waals surface area contributed by atoms with Crippen molar-refractivity contribution in [2.75, 3.05) is 20.4 Å². The fourth-order valence-electron chi connectivity index (χ4n) is 5.82. The lowest BCUT2D eigenvalue weighted by atomic mass is 9.84. The molecule has 0 spiro atoms. The quantitative estimate of drug-likeness (QED) is 0.423. The third-order valence-electron chi connectivity index (χ3n) is 7.14. The number of nitrogens with one attached hydrogen (secondary N) is 2. The van der Waals surface area contributed by atoms with E-state index in [-0.39, 0.29) is 24.1 Å². The van der Waals surface area contributed by atoms with Gasteiger partial charge in [-0.3, -0.25) is 19.4 Å². The molecule has 32 heavy (non-hydrogen) atoms. The third kappa shape index (κ3) is 1.71. The number of para-hydroxylation sites is 4. The number of amides is 2. The summed E-state index contributed by atoms with van der Waals surface area (Å²) < 4.78 is 0. The summed E-state index contributed by atoms with van der Waals surface area (Å²) in [7, 11) is 0. The first-order valence-electron chi connectivity index (χ1n) is 10.7. The molecule has 4 heterocycles. The summed E-state index contributed by atoms with van der Waals surface area (Å²) in [6, 6.07) is 23.6. The largest absolute Gasteiger partial charge is 0.359 e. The molecule has 4 aromatic rings. The Morgan fingerprint density at radius 1 is 0.562 bits per heavy atom. The van der Waals surface area contributed by atoms with Crippen molar-refractivity contribution in [1.82, 2.24) is 0 Å². The third-order valence-corrected chi connectivity index (χ3v) is 7.14. The number of rotatable bonds is 0. The van der Waals surface area contributed by atoms with Gasteiger partial charge in [0.15, 0.2) is 0 Å². The van der Waals surface area contributed by atoms with Crippen LogP contribution in [0.1, 0.15) is 44.2 Å². The molecule has 0 saturated carbocycles. The smallest absolute Gasteiger partial charge is 0.260 e. The van der Waals surface area contributed by atoms with E-state index < -0.39 is 0 Å². The molecule has 0 aliphatic carbocycles. The Hall–Kier alpha value is -4.32. The van der Waals surface area contributed by atoms with Crippen molar-refractivity contribution in [3.63, 3.8) is 0 Å². The van der Waals surface area contributed by atoms with Crippen molar-refractivity contribution < 1.29 is 9.59 Å². The number of hydrogen-bond acceptors (Lipinski definition) is 4. The standard InChI is InChI=1S/C26H16N4O2/c31-25-15-12-10-14-22-16(26(32)30-20-8-4-2-6-18(20)28-24(14)30)11-9-13(21(15)22)23-27-17-5-1-3-7-19(17)29(23)25/h1-12,23-24,27-28H. The van der Waals surface area contributed by atoms with Crippen LogP contribution in [-0.2, 0) is 0 Å². The SMILES string of the molecule is O=C1c2ccc3c4c(ccc(c24)C2Nc4ccccc4N12)C(=O)N1c2ccccc2NC31.